The fourth-order valence-corrected chi connectivity index (χ4v) is 5.27. The molecular weight excluding hydrogens is 414 g/mol. The molecule has 3 aromatic carbocycles. The third-order valence-electron chi connectivity index (χ3n) is 5.25. The molecular formula is C24H21NO5S. The van der Waals surface area contributed by atoms with Crippen LogP contribution in [0.15, 0.2) is 94.4 Å². The van der Waals surface area contributed by atoms with Gasteiger partial charge in [-0.05, 0) is 48.9 Å². The number of benzene rings is 3. The predicted octanol–water partition coefficient (Wildman–Crippen LogP) is 4.34. The van der Waals surface area contributed by atoms with Crippen LogP contribution in [0.2, 0.25) is 0 Å². The molecule has 1 aliphatic heterocycles. The summed E-state index contributed by atoms with van der Waals surface area (Å²) in [5.74, 6) is -0.946. The second-order valence-electron chi connectivity index (χ2n) is 7.22. The number of carbonyl (C=O) groups is 1. The van der Waals surface area contributed by atoms with Crippen LogP contribution in [0.1, 0.15) is 17.2 Å². The highest BCUT2D eigenvalue weighted by Crippen LogP contribution is 2.44. The van der Waals surface area contributed by atoms with E-state index in [0.29, 0.717) is 17.0 Å². The molecule has 31 heavy (non-hydrogen) atoms. The number of hydrogen-bond acceptors (Lipinski definition) is 5. The van der Waals surface area contributed by atoms with Crippen LogP contribution in [-0.2, 0) is 14.6 Å². The first-order valence-corrected chi connectivity index (χ1v) is 11.1. The molecule has 3 aromatic rings. The summed E-state index contributed by atoms with van der Waals surface area (Å²) >= 11 is 0. The number of hydrogen-bond donors (Lipinski definition) is 1. The van der Waals surface area contributed by atoms with Crippen molar-refractivity contribution in [3.63, 3.8) is 0 Å². The number of nitrogens with zero attached hydrogens (tertiary/aromatic N) is 1. The van der Waals surface area contributed by atoms with E-state index < -0.39 is 27.5 Å². The largest absolute Gasteiger partial charge is 0.502 e. The van der Waals surface area contributed by atoms with E-state index in [1.807, 2.05) is 6.92 Å². The molecule has 4 rings (SSSR count). The van der Waals surface area contributed by atoms with Gasteiger partial charge in [0.1, 0.15) is 16.7 Å². The molecule has 0 aromatic heterocycles. The van der Waals surface area contributed by atoms with Crippen LogP contribution in [0.5, 0.6) is 5.75 Å². The lowest BCUT2D eigenvalue weighted by molar-refractivity contribution is -0.117. The molecule has 1 amide bonds. The van der Waals surface area contributed by atoms with Gasteiger partial charge in [0.25, 0.3) is 5.91 Å². The predicted molar refractivity (Wildman–Crippen MR) is 118 cm³/mol. The molecule has 0 bridgehead atoms. The van der Waals surface area contributed by atoms with Gasteiger partial charge in [0.2, 0.25) is 9.84 Å². The standard InChI is InChI=1S/C24H21NO5S/c1-16-8-14-20(15-9-16)31(28,29)23-21(17-10-12-19(30-2)13-11-17)25(24(27)22(23)26)18-6-4-3-5-7-18/h3-15,21,26H,1-2H3. The summed E-state index contributed by atoms with van der Waals surface area (Å²) in [5.41, 5.74) is 1.92. The van der Waals surface area contributed by atoms with Gasteiger partial charge in [-0.1, -0.05) is 48.0 Å². The maximum Gasteiger partial charge on any atom is 0.295 e. The van der Waals surface area contributed by atoms with Crippen LogP contribution in [0.3, 0.4) is 0 Å². The van der Waals surface area contributed by atoms with E-state index in [1.54, 1.807) is 66.7 Å². The summed E-state index contributed by atoms with van der Waals surface area (Å²) in [6, 6.07) is 20.7. The highest BCUT2D eigenvalue weighted by atomic mass is 32.2. The minimum Gasteiger partial charge on any atom is -0.502 e. The number of methoxy groups -OCH3 is 1. The minimum atomic E-state index is -4.16. The van der Waals surface area contributed by atoms with Crippen molar-refractivity contribution < 1.29 is 23.1 Å². The van der Waals surface area contributed by atoms with Gasteiger partial charge >= 0.3 is 0 Å². The van der Waals surface area contributed by atoms with Crippen LogP contribution in [0.4, 0.5) is 5.69 Å². The lowest BCUT2D eigenvalue weighted by atomic mass is 10.1. The first-order valence-electron chi connectivity index (χ1n) is 9.62. The summed E-state index contributed by atoms with van der Waals surface area (Å²) in [7, 11) is -2.62. The van der Waals surface area contributed by atoms with E-state index in [0.717, 1.165) is 5.56 Å². The number of sulfone groups is 1. The average molecular weight is 436 g/mol. The number of carbonyl (C=O) groups excluding carboxylic acids is 1. The van der Waals surface area contributed by atoms with E-state index in [9.17, 15) is 18.3 Å². The van der Waals surface area contributed by atoms with Crippen LogP contribution >= 0.6 is 0 Å². The molecule has 0 fully saturated rings. The summed E-state index contributed by atoms with van der Waals surface area (Å²) < 4.78 is 32.3. The molecule has 0 spiro atoms. The highest BCUT2D eigenvalue weighted by molar-refractivity contribution is 7.95. The Balaban J connectivity index is 1.92. The maximum absolute atomic E-state index is 13.6. The van der Waals surface area contributed by atoms with E-state index in [2.05, 4.69) is 0 Å². The Hall–Kier alpha value is -3.58. The molecule has 0 radical (unpaired) electrons. The second kappa shape index (κ2) is 7.92. The van der Waals surface area contributed by atoms with Crippen LogP contribution in [0.25, 0.3) is 0 Å². The Morgan fingerprint density at radius 2 is 1.52 bits per heavy atom. The molecule has 1 aliphatic rings. The van der Waals surface area contributed by atoms with Crippen molar-refractivity contribution >= 4 is 21.4 Å². The van der Waals surface area contributed by atoms with Gasteiger partial charge in [-0.3, -0.25) is 9.69 Å². The Morgan fingerprint density at radius 3 is 2.10 bits per heavy atom. The van der Waals surface area contributed by atoms with Gasteiger partial charge in [0.15, 0.2) is 5.76 Å². The van der Waals surface area contributed by atoms with Gasteiger partial charge < -0.3 is 9.84 Å². The third kappa shape index (κ3) is 3.57. The quantitative estimate of drug-likeness (QED) is 0.645. The van der Waals surface area contributed by atoms with Gasteiger partial charge in [-0.2, -0.15) is 0 Å². The number of aliphatic hydroxyl groups is 1. The molecule has 1 atom stereocenters. The molecule has 158 valence electrons. The van der Waals surface area contributed by atoms with Gasteiger partial charge in [-0.25, -0.2) is 8.42 Å². The Morgan fingerprint density at radius 1 is 0.903 bits per heavy atom. The number of amides is 1. The lowest BCUT2D eigenvalue weighted by Gasteiger charge is -2.27. The Bertz CT molecular complexity index is 1250. The zero-order chi connectivity index (χ0) is 22.2. The molecule has 7 heteroatoms. The Labute approximate surface area is 180 Å². The number of ether oxygens (including phenoxy) is 1. The maximum atomic E-state index is 13.6. The molecule has 1 unspecified atom stereocenters. The van der Waals surface area contributed by atoms with Crippen LogP contribution in [-0.4, -0.2) is 26.5 Å². The summed E-state index contributed by atoms with van der Waals surface area (Å²) in [6.45, 7) is 1.85. The third-order valence-corrected chi connectivity index (χ3v) is 7.14. The zero-order valence-electron chi connectivity index (χ0n) is 17.0. The summed E-state index contributed by atoms with van der Waals surface area (Å²) in [6.07, 6.45) is 0. The van der Waals surface area contributed by atoms with Crippen molar-refractivity contribution in [1.29, 1.82) is 0 Å². The fourth-order valence-electron chi connectivity index (χ4n) is 3.64. The van der Waals surface area contributed by atoms with Gasteiger partial charge in [-0.15, -0.1) is 0 Å². The number of aliphatic hydroxyl groups excluding tert-OH is 1. The Kier molecular flexibility index (Phi) is 5.29. The highest BCUT2D eigenvalue weighted by Gasteiger charge is 2.47. The number of anilines is 1. The lowest BCUT2D eigenvalue weighted by Crippen LogP contribution is -2.31. The second-order valence-corrected chi connectivity index (χ2v) is 9.13. The molecule has 0 aliphatic carbocycles. The number of aryl methyl sites for hydroxylation is 1. The molecule has 1 heterocycles. The first-order chi connectivity index (χ1) is 14.8. The van der Waals surface area contributed by atoms with Crippen molar-refractivity contribution in [2.24, 2.45) is 0 Å². The number of rotatable bonds is 5. The monoisotopic (exact) mass is 435 g/mol. The summed E-state index contributed by atoms with van der Waals surface area (Å²) in [5, 5.41) is 10.8. The molecule has 6 nitrogen and oxygen atoms in total. The molecule has 0 saturated heterocycles. The smallest absolute Gasteiger partial charge is 0.295 e. The minimum absolute atomic E-state index is 0.0147. The van der Waals surface area contributed by atoms with E-state index in [-0.39, 0.29) is 9.80 Å². The average Bonchev–Trinajstić information content (AvgIpc) is 3.06. The van der Waals surface area contributed by atoms with Crippen molar-refractivity contribution in [3.05, 3.63) is 101 Å². The fraction of sp³-hybridized carbons (Fsp3) is 0.125. The van der Waals surface area contributed by atoms with Gasteiger partial charge in [0, 0.05) is 5.69 Å². The number of para-hydroxylation sites is 1. The van der Waals surface area contributed by atoms with E-state index in [4.69, 9.17) is 4.74 Å². The van der Waals surface area contributed by atoms with E-state index in [1.165, 1.54) is 24.1 Å². The SMILES string of the molecule is COc1ccc(C2C(S(=O)(=O)c3ccc(C)cc3)=C(O)C(=O)N2c2ccccc2)cc1. The van der Waals surface area contributed by atoms with Crippen LogP contribution < -0.4 is 9.64 Å². The molecule has 1 N–H and O–H groups in total. The van der Waals surface area contributed by atoms with E-state index >= 15 is 0 Å². The van der Waals surface area contributed by atoms with Crippen molar-refractivity contribution in [2.75, 3.05) is 12.0 Å². The summed E-state index contributed by atoms with van der Waals surface area (Å²) in [4.78, 5) is 14.1. The first kappa shape index (κ1) is 20.7. The van der Waals surface area contributed by atoms with Crippen molar-refractivity contribution in [3.8, 4) is 5.75 Å². The van der Waals surface area contributed by atoms with Gasteiger partial charge in [0.05, 0.1) is 12.0 Å². The normalized spacial score (nSPS) is 16.6. The van der Waals surface area contributed by atoms with Crippen molar-refractivity contribution in [2.45, 2.75) is 17.9 Å². The topological polar surface area (TPSA) is 83.9 Å². The van der Waals surface area contributed by atoms with Crippen LogP contribution in [0, 0.1) is 6.92 Å². The zero-order valence-corrected chi connectivity index (χ0v) is 17.8. The molecule has 0 saturated carbocycles. The van der Waals surface area contributed by atoms with Crippen molar-refractivity contribution in [1.82, 2.24) is 0 Å².